The molecule has 2 heterocycles. The van der Waals surface area contributed by atoms with Gasteiger partial charge in [0.2, 0.25) is 5.91 Å². The largest absolute Gasteiger partial charge is 0.446 e. The summed E-state index contributed by atoms with van der Waals surface area (Å²) in [4.78, 5) is 39.4. The molecule has 0 spiro atoms. The zero-order chi connectivity index (χ0) is 25.4. The number of aliphatic hydroxyl groups is 2. The van der Waals surface area contributed by atoms with Gasteiger partial charge in [0.1, 0.15) is 18.8 Å². The second-order valence-electron chi connectivity index (χ2n) is 8.27. The van der Waals surface area contributed by atoms with Crippen molar-refractivity contribution in [2.45, 2.75) is 37.7 Å². The van der Waals surface area contributed by atoms with E-state index in [0.29, 0.717) is 26.2 Å². The molecule has 0 bridgehead atoms. The zero-order valence-electron chi connectivity index (χ0n) is 19.4. The van der Waals surface area contributed by atoms with Crippen LogP contribution in [0.4, 0.5) is 4.79 Å². The lowest BCUT2D eigenvalue weighted by Crippen LogP contribution is -2.51. The van der Waals surface area contributed by atoms with Crippen molar-refractivity contribution < 1.29 is 43.5 Å². The summed E-state index contributed by atoms with van der Waals surface area (Å²) >= 11 is 3.20. The Kier molecular flexibility index (Phi) is 9.96. The smallest absolute Gasteiger partial charge is 0.417 e. The van der Waals surface area contributed by atoms with Gasteiger partial charge in [-0.2, -0.15) is 0 Å². The van der Waals surface area contributed by atoms with Crippen LogP contribution in [0.5, 0.6) is 0 Å². The number of imide groups is 1. The van der Waals surface area contributed by atoms with Crippen LogP contribution >= 0.6 is 15.9 Å². The molecule has 10 nitrogen and oxygen atoms in total. The van der Waals surface area contributed by atoms with E-state index < -0.39 is 41.6 Å². The fourth-order valence-electron chi connectivity index (χ4n) is 3.91. The molecule has 0 saturated carbocycles. The predicted octanol–water partition coefficient (Wildman–Crippen LogP) is 2.08. The average molecular weight is 556 g/mol. The third-order valence-corrected chi connectivity index (χ3v) is 6.64. The maximum absolute atomic E-state index is 13.3. The van der Waals surface area contributed by atoms with Crippen LogP contribution in [0.3, 0.4) is 0 Å². The van der Waals surface area contributed by atoms with Gasteiger partial charge in [0.05, 0.1) is 36.8 Å². The van der Waals surface area contributed by atoms with E-state index in [1.807, 2.05) is 6.07 Å². The summed E-state index contributed by atoms with van der Waals surface area (Å²) in [5, 5.41) is 19.7. The molecule has 4 atom stereocenters. The summed E-state index contributed by atoms with van der Waals surface area (Å²) in [5.41, 5.74) is 0.732. The number of ether oxygens (including phenoxy) is 4. The molecule has 35 heavy (non-hydrogen) atoms. The van der Waals surface area contributed by atoms with Crippen LogP contribution in [0, 0.1) is 5.92 Å². The average Bonchev–Trinajstić information content (AvgIpc) is 3.24. The van der Waals surface area contributed by atoms with Crippen LogP contribution in [0.15, 0.2) is 40.9 Å². The predicted molar refractivity (Wildman–Crippen MR) is 126 cm³/mol. The highest BCUT2D eigenvalue weighted by Crippen LogP contribution is 2.37. The second kappa shape index (κ2) is 12.7. The topological polar surface area (TPSA) is 132 Å². The van der Waals surface area contributed by atoms with Crippen LogP contribution in [0.25, 0.3) is 0 Å². The van der Waals surface area contributed by atoms with Crippen LogP contribution < -0.4 is 0 Å². The number of carbonyl (C=O) groups excluding carboxylic acids is 3. The quantitative estimate of drug-likeness (QED) is 0.372. The first kappa shape index (κ1) is 27.4. The first-order valence-electron chi connectivity index (χ1n) is 11.4. The number of hydrogen-bond acceptors (Lipinski definition) is 9. The number of hydrogen-bond donors (Lipinski definition) is 2. The molecular weight excluding hydrogens is 526 g/mol. The van der Waals surface area contributed by atoms with Gasteiger partial charge in [0.25, 0.3) is 0 Å². The maximum atomic E-state index is 13.3. The Morgan fingerprint density at radius 1 is 1.20 bits per heavy atom. The Hall–Kier alpha value is -2.15. The standard InChI is InChI=1S/C24H30BrNO9/c1-16(22(29)26-18(15-34-23(26)30)17-6-3-2-4-7-17)21-19(28)14-20(25)24(31,35-21)8-5-10-32-12-13-33-11-9-27/h2-4,6-7,14,16,18,21,27,31H,5,8-13,15H2,1H3/t16-,18+,21-,24+/m1/s1. The molecule has 2 N–H and O–H groups in total. The van der Waals surface area contributed by atoms with Crippen molar-refractivity contribution in [1.82, 2.24) is 4.90 Å². The summed E-state index contributed by atoms with van der Waals surface area (Å²) < 4.78 is 21.6. The van der Waals surface area contributed by atoms with E-state index in [9.17, 15) is 19.5 Å². The summed E-state index contributed by atoms with van der Waals surface area (Å²) in [5.74, 6) is -4.00. The van der Waals surface area contributed by atoms with E-state index in [1.54, 1.807) is 24.3 Å². The minimum Gasteiger partial charge on any atom is -0.446 e. The number of carbonyl (C=O) groups is 3. The van der Waals surface area contributed by atoms with Crippen molar-refractivity contribution >= 4 is 33.7 Å². The minimum absolute atomic E-state index is 0.0151. The molecule has 3 rings (SSSR count). The van der Waals surface area contributed by atoms with Crippen molar-refractivity contribution in [2.24, 2.45) is 5.92 Å². The molecule has 2 amide bonds. The van der Waals surface area contributed by atoms with Gasteiger partial charge in [-0.25, -0.2) is 9.69 Å². The van der Waals surface area contributed by atoms with Crippen LogP contribution in [-0.4, -0.2) is 84.4 Å². The van der Waals surface area contributed by atoms with E-state index >= 15 is 0 Å². The lowest BCUT2D eigenvalue weighted by atomic mass is 9.93. The van der Waals surface area contributed by atoms with Crippen molar-refractivity contribution in [3.05, 3.63) is 46.5 Å². The summed E-state index contributed by atoms with van der Waals surface area (Å²) in [7, 11) is 0. The second-order valence-corrected chi connectivity index (χ2v) is 9.12. The molecule has 1 saturated heterocycles. The Morgan fingerprint density at radius 3 is 2.57 bits per heavy atom. The Morgan fingerprint density at radius 2 is 1.89 bits per heavy atom. The molecule has 11 heteroatoms. The molecular formula is C24H30BrNO9. The number of ketones is 1. The summed E-state index contributed by atoms with van der Waals surface area (Å²) in [6.07, 6.45) is -0.363. The lowest BCUT2D eigenvalue weighted by molar-refractivity contribution is -0.217. The molecule has 0 aliphatic carbocycles. The number of amides is 2. The number of cyclic esters (lactones) is 1. The molecule has 1 aromatic carbocycles. The van der Waals surface area contributed by atoms with Crippen LogP contribution in [0.1, 0.15) is 31.4 Å². The summed E-state index contributed by atoms with van der Waals surface area (Å²) in [6.45, 7) is 2.66. The van der Waals surface area contributed by atoms with Gasteiger partial charge in [-0.05, 0) is 34.0 Å². The highest BCUT2D eigenvalue weighted by molar-refractivity contribution is 9.11. The van der Waals surface area contributed by atoms with Crippen molar-refractivity contribution in [1.29, 1.82) is 0 Å². The first-order valence-corrected chi connectivity index (χ1v) is 12.2. The Balaban J connectivity index is 1.62. The zero-order valence-corrected chi connectivity index (χ0v) is 21.0. The van der Waals surface area contributed by atoms with Crippen molar-refractivity contribution in [3.63, 3.8) is 0 Å². The van der Waals surface area contributed by atoms with Crippen LogP contribution in [0.2, 0.25) is 0 Å². The van der Waals surface area contributed by atoms with Crippen molar-refractivity contribution in [2.75, 3.05) is 39.6 Å². The van der Waals surface area contributed by atoms with Gasteiger partial charge in [0, 0.05) is 13.0 Å². The SMILES string of the molecule is C[C@@H](C(=O)N1C(=O)OC[C@H]1c1ccccc1)[C@H]1O[C@@](O)(CCCOCCOCCO)C(Br)=CC1=O. The molecule has 2 aliphatic rings. The maximum Gasteiger partial charge on any atom is 0.417 e. The fourth-order valence-corrected chi connectivity index (χ4v) is 4.42. The first-order chi connectivity index (χ1) is 16.8. The highest BCUT2D eigenvalue weighted by Gasteiger charge is 2.48. The Labute approximate surface area is 211 Å². The molecule has 0 unspecified atom stereocenters. The third-order valence-electron chi connectivity index (χ3n) is 5.79. The number of benzene rings is 1. The highest BCUT2D eigenvalue weighted by atomic mass is 79.9. The molecule has 1 aromatic rings. The monoisotopic (exact) mass is 555 g/mol. The number of aliphatic hydroxyl groups excluding tert-OH is 1. The number of rotatable bonds is 12. The van der Waals surface area contributed by atoms with E-state index in [4.69, 9.17) is 24.1 Å². The number of halogens is 1. The molecule has 0 radical (unpaired) electrons. The molecule has 192 valence electrons. The Bertz CT molecular complexity index is 925. The van der Waals surface area contributed by atoms with E-state index in [-0.39, 0.29) is 30.7 Å². The van der Waals surface area contributed by atoms with Gasteiger partial charge >= 0.3 is 6.09 Å². The molecule has 2 aliphatic heterocycles. The fraction of sp³-hybridized carbons (Fsp3) is 0.542. The van der Waals surface area contributed by atoms with E-state index in [0.717, 1.165) is 10.5 Å². The van der Waals surface area contributed by atoms with E-state index in [2.05, 4.69) is 15.9 Å². The third kappa shape index (κ3) is 6.75. The summed E-state index contributed by atoms with van der Waals surface area (Å²) in [6, 6.07) is 8.39. The van der Waals surface area contributed by atoms with Gasteiger partial charge in [0.15, 0.2) is 11.6 Å². The number of nitrogens with zero attached hydrogens (tertiary/aromatic N) is 1. The minimum atomic E-state index is -1.83. The van der Waals surface area contributed by atoms with Gasteiger partial charge in [-0.1, -0.05) is 37.3 Å². The van der Waals surface area contributed by atoms with E-state index in [1.165, 1.54) is 13.0 Å². The lowest BCUT2D eigenvalue weighted by Gasteiger charge is -2.37. The van der Waals surface area contributed by atoms with Gasteiger partial charge < -0.3 is 29.2 Å². The molecule has 1 fully saturated rings. The van der Waals surface area contributed by atoms with Crippen molar-refractivity contribution in [3.8, 4) is 0 Å². The van der Waals surface area contributed by atoms with Gasteiger partial charge in [-0.15, -0.1) is 0 Å². The normalized spacial score (nSPS) is 25.4. The van der Waals surface area contributed by atoms with Crippen LogP contribution in [-0.2, 0) is 28.5 Å². The molecule has 0 aromatic heterocycles. The van der Waals surface area contributed by atoms with Gasteiger partial charge in [-0.3, -0.25) is 9.59 Å².